The molecule has 0 radical (unpaired) electrons. The van der Waals surface area contributed by atoms with Crippen molar-refractivity contribution >= 4 is 26.0 Å². The van der Waals surface area contributed by atoms with Crippen molar-refractivity contribution in [2.24, 2.45) is 0 Å². The Morgan fingerprint density at radius 2 is 1.61 bits per heavy atom. The first-order valence-corrected chi connectivity index (χ1v) is 10.5. The summed E-state index contributed by atoms with van der Waals surface area (Å²) in [7, 11) is -6.09. The minimum Gasteiger partial charge on any atom is -0.741 e. The average molecular weight is 521 g/mol. The van der Waals surface area contributed by atoms with Gasteiger partial charge in [-0.2, -0.15) is 13.2 Å². The third kappa shape index (κ3) is 4.91. The van der Waals surface area contributed by atoms with Crippen LogP contribution in [0, 0.1) is 7.14 Å². The Hall–Kier alpha value is -0.650. The van der Waals surface area contributed by atoms with E-state index in [2.05, 4.69) is 58.4 Å². The third-order valence-corrected chi connectivity index (χ3v) is 7.16. The van der Waals surface area contributed by atoms with Gasteiger partial charge in [0.25, 0.3) is 0 Å². The highest BCUT2D eigenvalue weighted by Crippen LogP contribution is 2.20. The van der Waals surface area contributed by atoms with E-state index in [9.17, 15) is 13.2 Å². The van der Waals surface area contributed by atoms with Crippen molar-refractivity contribution < 1.29 is 47.3 Å². The predicted molar refractivity (Wildman–Crippen MR) is 76.5 cm³/mol. The SMILES string of the molecule is Brc1ccc2c(c1)Cc1ccccc1[I+]2.O=S(=O)([O-])C(F)(F)F. The first-order chi connectivity index (χ1) is 10.6. The number of hydrogen-bond donors (Lipinski definition) is 0. The van der Waals surface area contributed by atoms with Gasteiger partial charge in [0.15, 0.2) is 17.3 Å². The van der Waals surface area contributed by atoms with Crippen LogP contribution in [-0.2, 0) is 16.5 Å². The Morgan fingerprint density at radius 1 is 1.04 bits per heavy atom. The number of rotatable bonds is 0. The van der Waals surface area contributed by atoms with E-state index >= 15 is 0 Å². The van der Waals surface area contributed by atoms with Crippen molar-refractivity contribution in [1.82, 2.24) is 0 Å². The van der Waals surface area contributed by atoms with E-state index in [4.69, 9.17) is 13.0 Å². The summed E-state index contributed by atoms with van der Waals surface area (Å²) in [5, 5.41) is 0. The van der Waals surface area contributed by atoms with Crippen LogP contribution in [0.15, 0.2) is 46.9 Å². The smallest absolute Gasteiger partial charge is 0.485 e. The van der Waals surface area contributed by atoms with Gasteiger partial charge in [-0.05, 0) is 24.3 Å². The first-order valence-electron chi connectivity index (χ1n) is 6.11. The van der Waals surface area contributed by atoms with Crippen molar-refractivity contribution in [2.75, 3.05) is 0 Å². The largest absolute Gasteiger partial charge is 0.741 e. The molecule has 3 nitrogen and oxygen atoms in total. The van der Waals surface area contributed by atoms with E-state index in [1.54, 1.807) is 7.14 Å². The van der Waals surface area contributed by atoms with Crippen LogP contribution >= 0.6 is 15.9 Å². The average Bonchev–Trinajstić information content (AvgIpc) is 2.43. The zero-order valence-corrected chi connectivity index (χ0v) is 15.8. The molecule has 0 saturated carbocycles. The minimum atomic E-state index is -6.09. The van der Waals surface area contributed by atoms with Gasteiger partial charge < -0.3 is 4.55 Å². The summed E-state index contributed by atoms with van der Waals surface area (Å²) in [6.07, 6.45) is 1.10. The molecule has 0 aromatic heterocycles. The molecule has 1 aliphatic heterocycles. The normalized spacial score (nSPS) is 13.4. The lowest BCUT2D eigenvalue weighted by Crippen LogP contribution is -3.62. The van der Waals surface area contributed by atoms with Gasteiger partial charge in [-0.15, -0.1) is 0 Å². The predicted octanol–water partition coefficient (Wildman–Crippen LogP) is 0.533. The molecule has 0 spiro atoms. The maximum Gasteiger partial charge on any atom is 0.485 e. The van der Waals surface area contributed by atoms with Crippen LogP contribution in [-0.4, -0.2) is 18.5 Å². The van der Waals surface area contributed by atoms with E-state index < -0.39 is 15.6 Å². The van der Waals surface area contributed by atoms with Crippen molar-refractivity contribution in [2.45, 2.75) is 11.9 Å². The Balaban J connectivity index is 0.000000207. The van der Waals surface area contributed by atoms with Crippen LogP contribution < -0.4 is 21.2 Å². The van der Waals surface area contributed by atoms with Crippen molar-refractivity contribution in [3.63, 3.8) is 0 Å². The van der Waals surface area contributed by atoms with Crippen molar-refractivity contribution in [1.29, 1.82) is 0 Å². The molecule has 2 aromatic rings. The zero-order valence-electron chi connectivity index (χ0n) is 11.3. The summed E-state index contributed by atoms with van der Waals surface area (Å²) in [4.78, 5) is 0. The van der Waals surface area contributed by atoms with Gasteiger partial charge in [-0.1, -0.05) is 34.1 Å². The fourth-order valence-corrected chi connectivity index (χ4v) is 5.01. The Bertz CT molecular complexity index is 822. The standard InChI is InChI=1S/C13H9BrI.CHF3O3S/c14-11-5-6-13-10(8-11)7-9-3-1-2-4-12(9)15-13;2-1(3,4)8(5,6)7/h1-6,8H,7H2;(H,5,6,7)/q+1;/p-1. The molecule has 0 saturated heterocycles. The van der Waals surface area contributed by atoms with Crippen LogP contribution in [0.1, 0.15) is 11.1 Å². The van der Waals surface area contributed by atoms with Gasteiger partial charge in [-0.3, -0.25) is 0 Å². The van der Waals surface area contributed by atoms with Gasteiger partial charge in [0.05, 0.1) is 0 Å². The highest BCUT2D eigenvalue weighted by atomic mass is 127. The van der Waals surface area contributed by atoms with Gasteiger partial charge in [-0.25, -0.2) is 8.42 Å². The van der Waals surface area contributed by atoms with E-state index in [0.29, 0.717) is 0 Å². The Kier molecular flexibility index (Phi) is 5.75. The van der Waals surface area contributed by atoms with Crippen LogP contribution in [0.25, 0.3) is 0 Å². The number of benzene rings is 2. The first kappa shape index (κ1) is 18.7. The van der Waals surface area contributed by atoms with E-state index in [1.807, 2.05) is 0 Å². The maximum absolute atomic E-state index is 10.7. The van der Waals surface area contributed by atoms with E-state index in [1.165, 1.54) is 15.6 Å². The highest BCUT2D eigenvalue weighted by Gasteiger charge is 2.36. The molecule has 1 aliphatic rings. The molecule has 0 unspecified atom stereocenters. The van der Waals surface area contributed by atoms with Gasteiger partial charge in [0.2, 0.25) is 0 Å². The fourth-order valence-electron chi connectivity index (χ4n) is 1.82. The fraction of sp³-hybridized carbons (Fsp3) is 0.143. The van der Waals surface area contributed by atoms with Crippen LogP contribution in [0.3, 0.4) is 0 Å². The maximum atomic E-state index is 10.7. The second-order valence-corrected chi connectivity index (χ2v) is 9.65. The lowest BCUT2D eigenvalue weighted by Gasteiger charge is -2.08. The van der Waals surface area contributed by atoms with Gasteiger partial charge in [0.1, 0.15) is 0 Å². The van der Waals surface area contributed by atoms with Crippen molar-refractivity contribution in [3.05, 3.63) is 65.2 Å². The molecule has 0 fully saturated rings. The molecular weight excluding hydrogens is 512 g/mol. The topological polar surface area (TPSA) is 57.2 Å². The second-order valence-electron chi connectivity index (χ2n) is 4.50. The van der Waals surface area contributed by atoms with E-state index in [0.717, 1.165) is 6.42 Å². The molecule has 2 aromatic carbocycles. The number of fused-ring (bicyclic) bond motifs is 2. The number of halogens is 5. The molecule has 0 N–H and O–H groups in total. The Labute approximate surface area is 150 Å². The van der Waals surface area contributed by atoms with Gasteiger partial charge in [0, 0.05) is 22.0 Å². The Morgan fingerprint density at radius 3 is 2.22 bits per heavy atom. The number of alkyl halides is 3. The molecule has 0 atom stereocenters. The monoisotopic (exact) mass is 520 g/mol. The third-order valence-electron chi connectivity index (χ3n) is 2.83. The lowest BCUT2D eigenvalue weighted by molar-refractivity contribution is -0.601. The summed E-state index contributed by atoms with van der Waals surface area (Å²) >= 11 is 3.58. The molecule has 3 rings (SSSR count). The molecular formula is C14H9BrF3IO3S. The molecule has 0 amide bonds. The molecule has 9 heteroatoms. The highest BCUT2D eigenvalue weighted by molar-refractivity contribution is 9.10. The number of hydrogen-bond acceptors (Lipinski definition) is 3. The summed E-state index contributed by atoms with van der Waals surface area (Å²) in [5.74, 6) is 0. The molecule has 124 valence electrons. The second kappa shape index (κ2) is 7.08. The van der Waals surface area contributed by atoms with E-state index in [-0.39, 0.29) is 21.2 Å². The summed E-state index contributed by atoms with van der Waals surface area (Å²) in [6.45, 7) is 0. The minimum absolute atomic E-state index is 0.0417. The summed E-state index contributed by atoms with van der Waals surface area (Å²) < 4.78 is 63.3. The van der Waals surface area contributed by atoms with Crippen LogP contribution in [0.2, 0.25) is 0 Å². The summed E-state index contributed by atoms with van der Waals surface area (Å²) in [5.41, 5.74) is -2.61. The quantitative estimate of drug-likeness (QED) is 0.247. The molecule has 23 heavy (non-hydrogen) atoms. The molecule has 0 aliphatic carbocycles. The lowest BCUT2D eigenvalue weighted by atomic mass is 10.1. The zero-order chi connectivity index (χ0) is 17.3. The van der Waals surface area contributed by atoms with Gasteiger partial charge >= 0.3 is 26.7 Å². The molecule has 0 bridgehead atoms. The summed E-state index contributed by atoms with van der Waals surface area (Å²) in [6, 6.07) is 15.6. The van der Waals surface area contributed by atoms with Crippen LogP contribution in [0.5, 0.6) is 0 Å². The molecule has 1 heterocycles. The van der Waals surface area contributed by atoms with Crippen molar-refractivity contribution in [3.8, 4) is 0 Å². The van der Waals surface area contributed by atoms with Crippen LogP contribution in [0.4, 0.5) is 13.2 Å².